The summed E-state index contributed by atoms with van der Waals surface area (Å²) < 4.78 is 3.95. The van der Waals surface area contributed by atoms with Crippen molar-refractivity contribution in [2.75, 3.05) is 0 Å². The van der Waals surface area contributed by atoms with Crippen LogP contribution in [-0.4, -0.2) is 9.36 Å². The van der Waals surface area contributed by atoms with Gasteiger partial charge in [-0.15, -0.1) is 0 Å². The molecule has 0 atom stereocenters. The highest BCUT2D eigenvalue weighted by atomic mass is 35.5. The topological polar surface area (TPSA) is 45.8 Å². The van der Waals surface area contributed by atoms with E-state index in [1.165, 1.54) is 0 Å². The molecule has 0 aliphatic rings. The van der Waals surface area contributed by atoms with E-state index in [2.05, 4.69) is 9.36 Å². The zero-order valence-corrected chi connectivity index (χ0v) is 8.02. The fourth-order valence-electron chi connectivity index (χ4n) is 0.962. The normalized spacial score (nSPS) is 10.2. The Morgan fingerprint density at radius 3 is 2.54 bits per heavy atom. The first-order valence-electron chi connectivity index (χ1n) is 3.57. The van der Waals surface area contributed by atoms with Crippen molar-refractivity contribution in [2.45, 2.75) is 0 Å². The Bertz CT molecular complexity index is 459. The zero-order valence-electron chi connectivity index (χ0n) is 6.45. The summed E-state index contributed by atoms with van der Waals surface area (Å²) in [5.74, 6) is 0.590. The molecule has 0 saturated heterocycles. The van der Waals surface area contributed by atoms with Gasteiger partial charge in [0, 0.05) is 22.1 Å². The molecule has 1 aromatic heterocycles. The Labute approximate surface area is 83.2 Å². The van der Waals surface area contributed by atoms with Gasteiger partial charge in [0.05, 0.1) is 0 Å². The first-order valence-corrected chi connectivity index (χ1v) is 4.73. The third-order valence-corrected chi connectivity index (χ3v) is 2.35. The highest BCUT2D eigenvalue weighted by Crippen LogP contribution is 2.17. The van der Waals surface area contributed by atoms with Gasteiger partial charge in [-0.05, 0) is 24.3 Å². The van der Waals surface area contributed by atoms with E-state index in [0.717, 1.165) is 17.1 Å². The van der Waals surface area contributed by atoms with E-state index >= 15 is 0 Å². The summed E-state index contributed by atoms with van der Waals surface area (Å²) >= 11 is 6.62. The van der Waals surface area contributed by atoms with Gasteiger partial charge in [0.15, 0.2) is 5.82 Å². The SMILES string of the molecule is O=c1[nH]c(-c2ccc(Cl)cc2)ns1. The predicted octanol–water partition coefficient (Wildman–Crippen LogP) is 2.15. The average Bonchev–Trinajstić information content (AvgIpc) is 2.53. The summed E-state index contributed by atoms with van der Waals surface area (Å²) in [5.41, 5.74) is 0.864. The number of hydrogen-bond acceptors (Lipinski definition) is 3. The first kappa shape index (κ1) is 8.47. The molecule has 3 nitrogen and oxygen atoms in total. The van der Waals surface area contributed by atoms with Gasteiger partial charge in [0.1, 0.15) is 0 Å². The molecule has 1 N–H and O–H groups in total. The molecule has 0 aliphatic heterocycles. The van der Waals surface area contributed by atoms with E-state index in [-0.39, 0.29) is 4.87 Å². The smallest absolute Gasteiger partial charge is 0.296 e. The molecular weight excluding hydrogens is 208 g/mol. The Morgan fingerprint density at radius 2 is 2.00 bits per heavy atom. The molecule has 0 radical (unpaired) electrons. The lowest BCUT2D eigenvalue weighted by molar-refractivity contribution is 1.28. The quantitative estimate of drug-likeness (QED) is 0.788. The Hall–Kier alpha value is -1.13. The van der Waals surface area contributed by atoms with Gasteiger partial charge < -0.3 is 0 Å². The second-order valence-electron chi connectivity index (χ2n) is 2.45. The monoisotopic (exact) mass is 212 g/mol. The van der Waals surface area contributed by atoms with E-state index in [1.807, 2.05) is 12.1 Å². The fourth-order valence-corrected chi connectivity index (χ4v) is 1.56. The molecule has 0 saturated carbocycles. The standard InChI is InChI=1S/C8H5ClN2OS/c9-6-3-1-5(2-4-6)7-10-8(12)13-11-7/h1-4H,(H,10,11,12). The lowest BCUT2D eigenvalue weighted by Crippen LogP contribution is -1.92. The number of rotatable bonds is 1. The van der Waals surface area contributed by atoms with Crippen molar-refractivity contribution in [3.63, 3.8) is 0 Å². The largest absolute Gasteiger partial charge is 0.323 e. The van der Waals surface area contributed by atoms with Crippen LogP contribution in [-0.2, 0) is 0 Å². The van der Waals surface area contributed by atoms with Crippen LogP contribution < -0.4 is 4.87 Å². The third-order valence-electron chi connectivity index (χ3n) is 1.56. The third kappa shape index (κ3) is 1.79. The van der Waals surface area contributed by atoms with Crippen LogP contribution in [0.5, 0.6) is 0 Å². The van der Waals surface area contributed by atoms with Gasteiger partial charge in [-0.1, -0.05) is 11.6 Å². The highest BCUT2D eigenvalue weighted by molar-refractivity contribution is 7.03. The van der Waals surface area contributed by atoms with Crippen molar-refractivity contribution in [1.82, 2.24) is 9.36 Å². The Morgan fingerprint density at radius 1 is 1.31 bits per heavy atom. The van der Waals surface area contributed by atoms with Crippen molar-refractivity contribution in [1.29, 1.82) is 0 Å². The molecule has 2 rings (SSSR count). The fraction of sp³-hybridized carbons (Fsp3) is 0. The lowest BCUT2D eigenvalue weighted by atomic mass is 10.2. The number of halogens is 1. The van der Waals surface area contributed by atoms with Crippen molar-refractivity contribution in [3.05, 3.63) is 39.0 Å². The van der Waals surface area contributed by atoms with Crippen LogP contribution in [0.1, 0.15) is 0 Å². The van der Waals surface area contributed by atoms with Gasteiger partial charge in [0.25, 0.3) is 0 Å². The molecule has 13 heavy (non-hydrogen) atoms. The van der Waals surface area contributed by atoms with E-state index in [4.69, 9.17) is 11.6 Å². The number of nitrogens with zero attached hydrogens (tertiary/aromatic N) is 1. The second-order valence-corrected chi connectivity index (χ2v) is 3.62. The molecule has 0 fully saturated rings. The summed E-state index contributed by atoms with van der Waals surface area (Å²) in [7, 11) is 0. The minimum atomic E-state index is -0.148. The molecule has 0 aliphatic carbocycles. The molecule has 5 heteroatoms. The van der Waals surface area contributed by atoms with E-state index in [1.54, 1.807) is 12.1 Å². The number of aromatic amines is 1. The van der Waals surface area contributed by atoms with Crippen LogP contribution >= 0.6 is 23.1 Å². The van der Waals surface area contributed by atoms with Crippen molar-refractivity contribution in [3.8, 4) is 11.4 Å². The molecule has 0 spiro atoms. The molecule has 1 aromatic carbocycles. The van der Waals surface area contributed by atoms with Crippen LogP contribution in [0, 0.1) is 0 Å². The number of hydrogen-bond donors (Lipinski definition) is 1. The highest BCUT2D eigenvalue weighted by Gasteiger charge is 2.01. The Kier molecular flexibility index (Phi) is 2.16. The second kappa shape index (κ2) is 3.32. The maximum Gasteiger partial charge on any atom is 0.323 e. The van der Waals surface area contributed by atoms with Crippen molar-refractivity contribution in [2.24, 2.45) is 0 Å². The maximum absolute atomic E-state index is 10.8. The van der Waals surface area contributed by atoms with Crippen LogP contribution in [0.15, 0.2) is 29.1 Å². The molecule has 66 valence electrons. The first-order chi connectivity index (χ1) is 6.25. The van der Waals surface area contributed by atoms with Crippen molar-refractivity contribution < 1.29 is 0 Å². The van der Waals surface area contributed by atoms with Gasteiger partial charge >= 0.3 is 4.87 Å². The molecule has 0 amide bonds. The van der Waals surface area contributed by atoms with Gasteiger partial charge in [-0.2, -0.15) is 4.37 Å². The van der Waals surface area contributed by atoms with E-state index in [9.17, 15) is 4.79 Å². The van der Waals surface area contributed by atoms with Crippen LogP contribution in [0.2, 0.25) is 5.02 Å². The van der Waals surface area contributed by atoms with Gasteiger partial charge in [0.2, 0.25) is 0 Å². The summed E-state index contributed by atoms with van der Waals surface area (Å²) in [6.07, 6.45) is 0. The van der Waals surface area contributed by atoms with E-state index < -0.39 is 0 Å². The molecule has 1 heterocycles. The lowest BCUT2D eigenvalue weighted by Gasteiger charge is -1.94. The minimum Gasteiger partial charge on any atom is -0.296 e. The van der Waals surface area contributed by atoms with Crippen LogP contribution in [0.3, 0.4) is 0 Å². The number of H-pyrrole nitrogens is 1. The average molecular weight is 213 g/mol. The summed E-state index contributed by atoms with van der Waals surface area (Å²) in [4.78, 5) is 13.3. The molecule has 0 unspecified atom stereocenters. The maximum atomic E-state index is 10.8. The number of nitrogens with one attached hydrogen (secondary N) is 1. The van der Waals surface area contributed by atoms with Gasteiger partial charge in [-0.3, -0.25) is 9.78 Å². The summed E-state index contributed by atoms with van der Waals surface area (Å²) in [5, 5.41) is 0.668. The Balaban J connectivity index is 2.47. The van der Waals surface area contributed by atoms with E-state index in [0.29, 0.717) is 10.8 Å². The molecule has 0 bridgehead atoms. The summed E-state index contributed by atoms with van der Waals surface area (Å²) in [6, 6.07) is 7.14. The minimum absolute atomic E-state index is 0.148. The predicted molar refractivity (Wildman–Crippen MR) is 53.2 cm³/mol. The van der Waals surface area contributed by atoms with Crippen LogP contribution in [0.25, 0.3) is 11.4 Å². The van der Waals surface area contributed by atoms with Crippen LogP contribution in [0.4, 0.5) is 0 Å². The molecular formula is C8H5ClN2OS. The van der Waals surface area contributed by atoms with Gasteiger partial charge in [-0.25, -0.2) is 0 Å². The number of aromatic nitrogens is 2. The number of benzene rings is 1. The zero-order chi connectivity index (χ0) is 9.26. The summed E-state index contributed by atoms with van der Waals surface area (Å²) in [6.45, 7) is 0. The van der Waals surface area contributed by atoms with Crippen molar-refractivity contribution >= 4 is 23.1 Å². The molecule has 2 aromatic rings.